The fourth-order valence-corrected chi connectivity index (χ4v) is 1.86. The van der Waals surface area contributed by atoms with Gasteiger partial charge in [-0.25, -0.2) is 0 Å². The summed E-state index contributed by atoms with van der Waals surface area (Å²) in [4.78, 5) is 0. The van der Waals surface area contributed by atoms with Gasteiger partial charge in [-0.15, -0.1) is 11.6 Å². The number of unbranched alkanes of at least 4 members (excludes halogenated alkanes) is 4. The number of alkyl halides is 1. The summed E-state index contributed by atoms with van der Waals surface area (Å²) in [6, 6.07) is 0. The van der Waals surface area contributed by atoms with Crippen LogP contribution in [-0.4, -0.2) is 37.5 Å². The lowest BCUT2D eigenvalue weighted by molar-refractivity contribution is -0.890. The zero-order chi connectivity index (χ0) is 10.9. The van der Waals surface area contributed by atoms with E-state index in [1.165, 1.54) is 45.2 Å². The van der Waals surface area contributed by atoms with Crippen LogP contribution in [0.3, 0.4) is 0 Å². The molecule has 0 saturated carbocycles. The highest BCUT2D eigenvalue weighted by Gasteiger charge is 2.12. The number of hydrogen-bond acceptors (Lipinski definition) is 0. The highest BCUT2D eigenvalue weighted by Crippen LogP contribution is 2.07. The Bertz CT molecular complexity index is 123. The molecule has 2 heteroatoms. The normalized spacial score (nSPS) is 12.0. The van der Waals surface area contributed by atoms with E-state index in [0.29, 0.717) is 0 Å². The van der Waals surface area contributed by atoms with E-state index in [1.54, 1.807) is 0 Å². The molecule has 0 aromatic heterocycles. The summed E-state index contributed by atoms with van der Waals surface area (Å²) in [7, 11) is 4.62. The van der Waals surface area contributed by atoms with Crippen LogP contribution in [0.1, 0.15) is 45.4 Å². The monoisotopic (exact) mass is 220 g/mol. The molecule has 0 spiro atoms. The van der Waals surface area contributed by atoms with Crippen molar-refractivity contribution in [1.82, 2.24) is 0 Å². The van der Waals surface area contributed by atoms with Gasteiger partial charge in [0, 0.05) is 12.3 Å². The van der Waals surface area contributed by atoms with Crippen molar-refractivity contribution in [3.05, 3.63) is 0 Å². The lowest BCUT2D eigenvalue weighted by Gasteiger charge is -2.29. The quantitative estimate of drug-likeness (QED) is 0.316. The van der Waals surface area contributed by atoms with Crippen molar-refractivity contribution in [2.45, 2.75) is 45.4 Å². The molecule has 0 unspecified atom stereocenters. The lowest BCUT2D eigenvalue weighted by Crippen LogP contribution is -2.41. The summed E-state index contributed by atoms with van der Waals surface area (Å²) in [6.07, 6.45) is 8.06. The molecule has 0 atom stereocenters. The first-order valence-electron chi connectivity index (χ1n) is 6.00. The zero-order valence-electron chi connectivity index (χ0n) is 10.2. The molecule has 0 aromatic carbocycles. The van der Waals surface area contributed by atoms with Crippen LogP contribution < -0.4 is 0 Å². The molecule has 0 fully saturated rings. The third kappa shape index (κ3) is 8.83. The van der Waals surface area contributed by atoms with Crippen LogP contribution in [0.15, 0.2) is 0 Å². The Morgan fingerprint density at radius 2 is 1.43 bits per heavy atom. The fourth-order valence-electron chi connectivity index (χ4n) is 1.74. The first-order valence-corrected chi connectivity index (χ1v) is 6.54. The van der Waals surface area contributed by atoms with Gasteiger partial charge in [0.15, 0.2) is 0 Å². The predicted molar refractivity (Wildman–Crippen MR) is 65.9 cm³/mol. The second kappa shape index (κ2) is 8.55. The van der Waals surface area contributed by atoms with E-state index >= 15 is 0 Å². The Morgan fingerprint density at radius 3 is 2.00 bits per heavy atom. The zero-order valence-corrected chi connectivity index (χ0v) is 10.9. The summed E-state index contributed by atoms with van der Waals surface area (Å²) in [5.74, 6) is 0.803. The molecule has 1 nitrogen and oxygen atoms in total. The first kappa shape index (κ1) is 14.2. The van der Waals surface area contributed by atoms with Gasteiger partial charge >= 0.3 is 0 Å². The molecule has 86 valence electrons. The van der Waals surface area contributed by atoms with Gasteiger partial charge in [-0.05, 0) is 12.8 Å². The van der Waals surface area contributed by atoms with Crippen LogP contribution >= 0.6 is 11.6 Å². The molecule has 0 heterocycles. The van der Waals surface area contributed by atoms with E-state index in [1.807, 2.05) is 0 Å². The van der Waals surface area contributed by atoms with Gasteiger partial charge in [-0.2, -0.15) is 0 Å². The molecule has 0 rings (SSSR count). The molecule has 0 aliphatic carbocycles. The van der Waals surface area contributed by atoms with E-state index in [-0.39, 0.29) is 0 Å². The van der Waals surface area contributed by atoms with E-state index in [4.69, 9.17) is 11.6 Å². The maximum atomic E-state index is 5.70. The summed E-state index contributed by atoms with van der Waals surface area (Å²) in [6.45, 7) is 4.79. The number of quaternary nitrogens is 1. The first-order chi connectivity index (χ1) is 6.62. The molecule has 0 N–H and O–H groups in total. The lowest BCUT2D eigenvalue weighted by atomic mass is 10.1. The molecule has 0 bridgehead atoms. The van der Waals surface area contributed by atoms with Gasteiger partial charge in [-0.1, -0.05) is 26.2 Å². The van der Waals surface area contributed by atoms with Crippen LogP contribution in [-0.2, 0) is 0 Å². The molecule has 0 aliphatic heterocycles. The Hall–Kier alpha value is 0.250. The number of rotatable bonds is 9. The van der Waals surface area contributed by atoms with Crippen molar-refractivity contribution in [2.75, 3.05) is 33.1 Å². The van der Waals surface area contributed by atoms with Crippen molar-refractivity contribution in [1.29, 1.82) is 0 Å². The Morgan fingerprint density at radius 1 is 0.857 bits per heavy atom. The third-order valence-corrected chi connectivity index (χ3v) is 3.03. The predicted octanol–water partition coefficient (Wildman–Crippen LogP) is 3.66. The standard InChI is InChI=1S/C12H27ClN/c1-4-5-6-7-8-11-14(2,3)12-9-10-13/h4-12H2,1-3H3/q+1. The maximum absolute atomic E-state index is 5.70. The largest absolute Gasteiger partial charge is 0.328 e. The number of halogens is 1. The van der Waals surface area contributed by atoms with Crippen molar-refractivity contribution < 1.29 is 4.48 Å². The highest BCUT2D eigenvalue weighted by atomic mass is 35.5. The smallest absolute Gasteiger partial charge is 0.0794 e. The number of nitrogens with zero attached hydrogens (tertiary/aromatic N) is 1. The SMILES string of the molecule is CCCCCCC[N+](C)(C)CCCCl. The molecule has 0 radical (unpaired) electrons. The van der Waals surface area contributed by atoms with E-state index in [0.717, 1.165) is 16.8 Å². The summed E-state index contributed by atoms with van der Waals surface area (Å²) >= 11 is 5.70. The van der Waals surface area contributed by atoms with Crippen molar-refractivity contribution in [2.24, 2.45) is 0 Å². The van der Waals surface area contributed by atoms with E-state index in [9.17, 15) is 0 Å². The Labute approximate surface area is 95.0 Å². The van der Waals surface area contributed by atoms with E-state index < -0.39 is 0 Å². The van der Waals surface area contributed by atoms with Crippen LogP contribution in [0.5, 0.6) is 0 Å². The molecule has 0 saturated heterocycles. The second-order valence-corrected chi connectivity index (χ2v) is 5.22. The summed E-state index contributed by atoms with van der Waals surface area (Å²) < 4.78 is 1.14. The van der Waals surface area contributed by atoms with Gasteiger partial charge in [-0.3, -0.25) is 0 Å². The van der Waals surface area contributed by atoms with Gasteiger partial charge in [0.2, 0.25) is 0 Å². The van der Waals surface area contributed by atoms with Crippen LogP contribution in [0.25, 0.3) is 0 Å². The average molecular weight is 221 g/mol. The maximum Gasteiger partial charge on any atom is 0.0794 e. The average Bonchev–Trinajstić information content (AvgIpc) is 2.15. The van der Waals surface area contributed by atoms with Gasteiger partial charge in [0.1, 0.15) is 0 Å². The molecule has 0 aromatic rings. The van der Waals surface area contributed by atoms with Crippen molar-refractivity contribution in [3.8, 4) is 0 Å². The fraction of sp³-hybridized carbons (Fsp3) is 1.00. The highest BCUT2D eigenvalue weighted by molar-refractivity contribution is 6.17. The Kier molecular flexibility index (Phi) is 8.70. The topological polar surface area (TPSA) is 0 Å². The third-order valence-electron chi connectivity index (χ3n) is 2.76. The number of hydrogen-bond donors (Lipinski definition) is 0. The van der Waals surface area contributed by atoms with Crippen LogP contribution in [0, 0.1) is 0 Å². The molecular formula is C12H27ClN+. The molecular weight excluding hydrogens is 194 g/mol. The minimum Gasteiger partial charge on any atom is -0.328 e. The molecule has 0 amide bonds. The van der Waals surface area contributed by atoms with Crippen molar-refractivity contribution >= 4 is 11.6 Å². The van der Waals surface area contributed by atoms with Crippen LogP contribution in [0.4, 0.5) is 0 Å². The second-order valence-electron chi connectivity index (χ2n) is 4.84. The molecule has 14 heavy (non-hydrogen) atoms. The molecule has 0 aliphatic rings. The summed E-state index contributed by atoms with van der Waals surface area (Å²) in [5.41, 5.74) is 0. The van der Waals surface area contributed by atoms with Gasteiger partial charge in [0.25, 0.3) is 0 Å². The van der Waals surface area contributed by atoms with Gasteiger partial charge < -0.3 is 4.48 Å². The van der Waals surface area contributed by atoms with Gasteiger partial charge in [0.05, 0.1) is 27.2 Å². The Balaban J connectivity index is 3.35. The van der Waals surface area contributed by atoms with Crippen molar-refractivity contribution in [3.63, 3.8) is 0 Å². The minimum absolute atomic E-state index is 0.803. The summed E-state index contributed by atoms with van der Waals surface area (Å²) in [5, 5.41) is 0. The minimum atomic E-state index is 0.803. The van der Waals surface area contributed by atoms with E-state index in [2.05, 4.69) is 21.0 Å². The van der Waals surface area contributed by atoms with Crippen LogP contribution in [0.2, 0.25) is 0 Å².